The minimum absolute atomic E-state index is 0.0496. The Morgan fingerprint density at radius 2 is 2.00 bits per heavy atom. The summed E-state index contributed by atoms with van der Waals surface area (Å²) in [6.45, 7) is 0. The van der Waals surface area contributed by atoms with Crippen LogP contribution in [0.1, 0.15) is 15.9 Å². The van der Waals surface area contributed by atoms with Crippen LogP contribution in [-0.4, -0.2) is 15.3 Å². The molecular weight excluding hydrogens is 383 g/mol. The maximum Gasteiger partial charge on any atom is 0.337 e. The summed E-state index contributed by atoms with van der Waals surface area (Å²) in [5.74, 6) is -1.71. The van der Waals surface area contributed by atoms with Gasteiger partial charge in [0.2, 0.25) is 0 Å². The highest BCUT2D eigenvalue weighted by atomic mass is 79.9. The molecule has 2 aromatic rings. The quantitative estimate of drug-likeness (QED) is 0.848. The first-order chi connectivity index (χ1) is 9.88. The molecule has 0 amide bonds. The van der Waals surface area contributed by atoms with Crippen molar-refractivity contribution in [3.8, 4) is 0 Å². The van der Waals surface area contributed by atoms with Gasteiger partial charge in [-0.25, -0.2) is 9.18 Å². The molecule has 7 heteroatoms. The van der Waals surface area contributed by atoms with Gasteiger partial charge in [-0.05, 0) is 36.4 Å². The first kappa shape index (κ1) is 16.1. The summed E-state index contributed by atoms with van der Waals surface area (Å²) in [5, 5.41) is 9.06. The molecule has 0 radical (unpaired) electrons. The standard InChI is InChI=1S/C14H9BrClFO3S/c15-9-1-4-13(17)8(5-9)7-21(20)10-2-3-12(16)11(6-10)14(18)19/h1-6H,7H2,(H,18,19). The lowest BCUT2D eigenvalue weighted by Gasteiger charge is -2.06. The molecule has 0 aliphatic rings. The van der Waals surface area contributed by atoms with Crippen LogP contribution < -0.4 is 0 Å². The predicted molar refractivity (Wildman–Crippen MR) is 82.6 cm³/mol. The minimum Gasteiger partial charge on any atom is -0.478 e. The maximum absolute atomic E-state index is 13.6. The molecule has 0 heterocycles. The number of carboxylic acid groups (broad SMARTS) is 1. The molecule has 0 saturated heterocycles. The van der Waals surface area contributed by atoms with E-state index in [1.165, 1.54) is 24.3 Å². The van der Waals surface area contributed by atoms with Crippen molar-refractivity contribution in [1.29, 1.82) is 0 Å². The average molecular weight is 392 g/mol. The molecule has 2 aromatic carbocycles. The lowest BCUT2D eigenvalue weighted by molar-refractivity contribution is 0.0697. The van der Waals surface area contributed by atoms with Crippen LogP contribution in [0, 0.1) is 5.82 Å². The highest BCUT2D eigenvalue weighted by Crippen LogP contribution is 2.23. The Balaban J connectivity index is 2.30. The summed E-state index contributed by atoms with van der Waals surface area (Å²) in [6, 6.07) is 8.46. The molecule has 0 aliphatic heterocycles. The Kier molecular flexibility index (Phi) is 5.13. The van der Waals surface area contributed by atoms with E-state index in [1.54, 1.807) is 12.1 Å². The van der Waals surface area contributed by atoms with E-state index < -0.39 is 22.6 Å². The molecular formula is C14H9BrClFO3S. The zero-order valence-electron chi connectivity index (χ0n) is 10.5. The van der Waals surface area contributed by atoms with Crippen molar-refractivity contribution >= 4 is 44.3 Å². The summed E-state index contributed by atoms with van der Waals surface area (Å²) in [7, 11) is -1.57. The number of aromatic carboxylic acids is 1. The second kappa shape index (κ2) is 6.68. The summed E-state index contributed by atoms with van der Waals surface area (Å²) in [4.78, 5) is 11.3. The molecule has 0 spiro atoms. The second-order valence-electron chi connectivity index (χ2n) is 4.17. The summed E-state index contributed by atoms with van der Waals surface area (Å²) in [6.07, 6.45) is 0. The fraction of sp³-hybridized carbons (Fsp3) is 0.0714. The first-order valence-corrected chi connectivity index (χ1v) is 8.22. The topological polar surface area (TPSA) is 54.4 Å². The Bertz CT molecular complexity index is 736. The van der Waals surface area contributed by atoms with Gasteiger partial charge >= 0.3 is 5.97 Å². The van der Waals surface area contributed by atoms with Crippen molar-refractivity contribution in [3.05, 3.63) is 62.8 Å². The third-order valence-electron chi connectivity index (χ3n) is 2.73. The number of hydrogen-bond donors (Lipinski definition) is 1. The molecule has 2 rings (SSSR count). The van der Waals surface area contributed by atoms with Crippen LogP contribution in [0.5, 0.6) is 0 Å². The van der Waals surface area contributed by atoms with E-state index in [9.17, 15) is 13.4 Å². The Hall–Kier alpha value is -1.24. The molecule has 0 aliphatic carbocycles. The highest BCUT2D eigenvalue weighted by molar-refractivity contribution is 9.10. The van der Waals surface area contributed by atoms with Crippen molar-refractivity contribution in [2.45, 2.75) is 10.6 Å². The fourth-order valence-electron chi connectivity index (χ4n) is 1.69. The van der Waals surface area contributed by atoms with E-state index in [0.717, 1.165) is 0 Å². The van der Waals surface area contributed by atoms with Gasteiger partial charge in [0.25, 0.3) is 0 Å². The summed E-state index contributed by atoms with van der Waals surface area (Å²) >= 11 is 8.98. The van der Waals surface area contributed by atoms with Crippen LogP contribution >= 0.6 is 27.5 Å². The molecule has 3 nitrogen and oxygen atoms in total. The second-order valence-corrected chi connectivity index (χ2v) is 6.95. The van der Waals surface area contributed by atoms with Crippen LogP contribution in [0.4, 0.5) is 4.39 Å². The van der Waals surface area contributed by atoms with E-state index in [4.69, 9.17) is 16.7 Å². The third-order valence-corrected chi connectivity index (χ3v) is 4.90. The number of benzene rings is 2. The van der Waals surface area contributed by atoms with Crippen LogP contribution in [0.3, 0.4) is 0 Å². The Labute approximate surface area is 136 Å². The third kappa shape index (κ3) is 3.90. The molecule has 1 N–H and O–H groups in total. The first-order valence-electron chi connectivity index (χ1n) is 5.73. The SMILES string of the molecule is O=C(O)c1cc(S(=O)Cc2cc(Br)ccc2F)ccc1Cl. The Morgan fingerprint density at radius 3 is 2.67 bits per heavy atom. The molecule has 1 unspecified atom stereocenters. The largest absolute Gasteiger partial charge is 0.478 e. The predicted octanol–water partition coefficient (Wildman–Crippen LogP) is 4.25. The van der Waals surface area contributed by atoms with E-state index in [-0.39, 0.29) is 26.8 Å². The van der Waals surface area contributed by atoms with E-state index in [0.29, 0.717) is 4.47 Å². The van der Waals surface area contributed by atoms with Gasteiger partial charge < -0.3 is 5.11 Å². The van der Waals surface area contributed by atoms with Gasteiger partial charge in [-0.1, -0.05) is 27.5 Å². The smallest absolute Gasteiger partial charge is 0.337 e. The van der Waals surface area contributed by atoms with Gasteiger partial charge in [-0.2, -0.15) is 0 Å². The number of rotatable bonds is 4. The van der Waals surface area contributed by atoms with E-state index in [1.807, 2.05) is 0 Å². The molecule has 0 saturated carbocycles. The van der Waals surface area contributed by atoms with Gasteiger partial charge in [0.05, 0.1) is 27.1 Å². The number of carbonyl (C=O) groups is 1. The van der Waals surface area contributed by atoms with Crippen molar-refractivity contribution in [3.63, 3.8) is 0 Å². The van der Waals surface area contributed by atoms with Gasteiger partial charge in [-0.3, -0.25) is 4.21 Å². The molecule has 0 aromatic heterocycles. The van der Waals surface area contributed by atoms with Crippen LogP contribution in [0.25, 0.3) is 0 Å². The number of hydrogen-bond acceptors (Lipinski definition) is 2. The monoisotopic (exact) mass is 390 g/mol. The molecule has 21 heavy (non-hydrogen) atoms. The highest BCUT2D eigenvalue weighted by Gasteiger charge is 2.14. The van der Waals surface area contributed by atoms with E-state index in [2.05, 4.69) is 15.9 Å². The molecule has 0 fully saturated rings. The zero-order valence-corrected chi connectivity index (χ0v) is 13.6. The fourth-order valence-corrected chi connectivity index (χ4v) is 3.43. The Morgan fingerprint density at radius 1 is 1.29 bits per heavy atom. The molecule has 0 bridgehead atoms. The zero-order chi connectivity index (χ0) is 15.6. The van der Waals surface area contributed by atoms with Gasteiger partial charge in [0.15, 0.2) is 0 Å². The van der Waals surface area contributed by atoms with E-state index >= 15 is 0 Å². The van der Waals surface area contributed by atoms with Gasteiger partial charge in [-0.15, -0.1) is 0 Å². The minimum atomic E-state index is -1.57. The average Bonchev–Trinajstić information content (AvgIpc) is 2.43. The molecule has 1 atom stereocenters. The van der Waals surface area contributed by atoms with Gasteiger partial charge in [0.1, 0.15) is 5.82 Å². The van der Waals surface area contributed by atoms with Crippen molar-refractivity contribution in [2.24, 2.45) is 0 Å². The lowest BCUT2D eigenvalue weighted by Crippen LogP contribution is -2.03. The van der Waals surface area contributed by atoms with Crippen LogP contribution in [0.2, 0.25) is 5.02 Å². The maximum atomic E-state index is 13.6. The van der Waals surface area contributed by atoms with Crippen LogP contribution in [-0.2, 0) is 16.6 Å². The lowest BCUT2D eigenvalue weighted by atomic mass is 10.2. The van der Waals surface area contributed by atoms with Crippen molar-refractivity contribution in [1.82, 2.24) is 0 Å². The molecule has 110 valence electrons. The number of halogens is 3. The summed E-state index contributed by atoms with van der Waals surface area (Å²) < 4.78 is 26.6. The normalized spacial score (nSPS) is 12.1. The van der Waals surface area contributed by atoms with Crippen LogP contribution in [0.15, 0.2) is 45.8 Å². The van der Waals surface area contributed by atoms with Gasteiger partial charge in [0, 0.05) is 14.9 Å². The summed E-state index contributed by atoms with van der Waals surface area (Å²) in [5.41, 5.74) is 0.159. The number of carboxylic acids is 1. The van der Waals surface area contributed by atoms with Crippen molar-refractivity contribution < 1.29 is 18.5 Å². The van der Waals surface area contributed by atoms with Crippen molar-refractivity contribution in [2.75, 3.05) is 0 Å².